The van der Waals surface area contributed by atoms with Gasteiger partial charge in [-0.2, -0.15) is 0 Å². The number of halogens is 1. The molecular formula is C15H23ClN2O2. The summed E-state index contributed by atoms with van der Waals surface area (Å²) in [5, 5.41) is 0.591. The van der Waals surface area contributed by atoms with E-state index >= 15 is 0 Å². The first-order valence-corrected chi connectivity index (χ1v) is 7.40. The summed E-state index contributed by atoms with van der Waals surface area (Å²) in [6, 6.07) is 4.06. The lowest BCUT2D eigenvalue weighted by atomic mass is 10.0. The van der Waals surface area contributed by atoms with Crippen molar-refractivity contribution < 1.29 is 9.47 Å². The predicted octanol–water partition coefficient (Wildman–Crippen LogP) is 2.70. The Balaban J connectivity index is 2.28. The van der Waals surface area contributed by atoms with E-state index in [1.807, 2.05) is 12.1 Å². The topological polar surface area (TPSA) is 47.7 Å². The van der Waals surface area contributed by atoms with Crippen LogP contribution in [-0.2, 0) is 0 Å². The highest BCUT2D eigenvalue weighted by Gasteiger charge is 2.22. The Labute approximate surface area is 125 Å². The molecule has 0 saturated carbocycles. The SMILES string of the molecule is CC(C)CN(C)C(CN)c1cc(Cl)c2c(c1)OCCO2. The van der Waals surface area contributed by atoms with Crippen molar-refractivity contribution >= 4 is 11.6 Å². The van der Waals surface area contributed by atoms with Gasteiger partial charge in [0.05, 0.1) is 5.02 Å². The van der Waals surface area contributed by atoms with E-state index in [1.165, 1.54) is 0 Å². The van der Waals surface area contributed by atoms with Crippen molar-refractivity contribution in [3.8, 4) is 11.5 Å². The van der Waals surface area contributed by atoms with Crippen LogP contribution in [0, 0.1) is 5.92 Å². The second-order valence-corrected chi connectivity index (χ2v) is 6.02. The Morgan fingerprint density at radius 1 is 1.30 bits per heavy atom. The van der Waals surface area contributed by atoms with Gasteiger partial charge in [0.25, 0.3) is 0 Å². The van der Waals surface area contributed by atoms with Crippen molar-refractivity contribution in [2.45, 2.75) is 19.9 Å². The van der Waals surface area contributed by atoms with Gasteiger partial charge in [0.1, 0.15) is 13.2 Å². The zero-order valence-electron chi connectivity index (χ0n) is 12.4. The third-order valence-corrected chi connectivity index (χ3v) is 3.69. The maximum Gasteiger partial charge on any atom is 0.179 e. The van der Waals surface area contributed by atoms with Crippen molar-refractivity contribution in [1.82, 2.24) is 4.90 Å². The van der Waals surface area contributed by atoms with E-state index in [1.54, 1.807) is 0 Å². The van der Waals surface area contributed by atoms with E-state index in [-0.39, 0.29) is 6.04 Å². The Morgan fingerprint density at radius 2 is 2.00 bits per heavy atom. The smallest absolute Gasteiger partial charge is 0.179 e. The number of likely N-dealkylation sites (N-methyl/N-ethyl adjacent to an activating group) is 1. The summed E-state index contributed by atoms with van der Waals surface area (Å²) in [6.45, 7) is 7.01. The van der Waals surface area contributed by atoms with Gasteiger partial charge in [-0.05, 0) is 30.7 Å². The third-order valence-electron chi connectivity index (χ3n) is 3.41. The third kappa shape index (κ3) is 3.37. The molecule has 1 aromatic carbocycles. The minimum atomic E-state index is 0.130. The van der Waals surface area contributed by atoms with Crippen LogP contribution >= 0.6 is 11.6 Å². The lowest BCUT2D eigenvalue weighted by molar-refractivity contribution is 0.170. The zero-order chi connectivity index (χ0) is 14.7. The lowest BCUT2D eigenvalue weighted by Crippen LogP contribution is -2.33. The minimum absolute atomic E-state index is 0.130. The maximum absolute atomic E-state index is 6.29. The normalized spacial score (nSPS) is 15.8. The second-order valence-electron chi connectivity index (χ2n) is 5.61. The Bertz CT molecular complexity index is 465. The van der Waals surface area contributed by atoms with Crippen LogP contribution in [0.1, 0.15) is 25.5 Å². The summed E-state index contributed by atoms with van der Waals surface area (Å²) in [5.74, 6) is 1.95. The summed E-state index contributed by atoms with van der Waals surface area (Å²) in [4.78, 5) is 2.26. The summed E-state index contributed by atoms with van der Waals surface area (Å²) in [6.07, 6.45) is 0. The van der Waals surface area contributed by atoms with E-state index in [4.69, 9.17) is 26.8 Å². The number of nitrogens with zero attached hydrogens (tertiary/aromatic N) is 1. The zero-order valence-corrected chi connectivity index (χ0v) is 13.1. The molecule has 2 rings (SSSR count). The molecule has 0 fully saturated rings. The fraction of sp³-hybridized carbons (Fsp3) is 0.600. The van der Waals surface area contributed by atoms with Gasteiger partial charge in [-0.25, -0.2) is 0 Å². The van der Waals surface area contributed by atoms with Crippen LogP contribution in [-0.4, -0.2) is 38.3 Å². The highest BCUT2D eigenvalue weighted by Crippen LogP contribution is 2.40. The van der Waals surface area contributed by atoms with Gasteiger partial charge >= 0.3 is 0 Å². The molecule has 1 aliphatic rings. The molecule has 0 spiro atoms. The van der Waals surface area contributed by atoms with Crippen LogP contribution in [0.5, 0.6) is 11.5 Å². The average molecular weight is 299 g/mol. The van der Waals surface area contributed by atoms with Crippen molar-refractivity contribution in [1.29, 1.82) is 0 Å². The summed E-state index contributed by atoms with van der Waals surface area (Å²) < 4.78 is 11.2. The summed E-state index contributed by atoms with van der Waals surface area (Å²) in [5.41, 5.74) is 7.02. The Kier molecular flexibility index (Phi) is 5.13. The van der Waals surface area contributed by atoms with Crippen molar-refractivity contribution in [2.75, 3.05) is 33.4 Å². The molecule has 112 valence electrons. The van der Waals surface area contributed by atoms with Gasteiger partial charge in [-0.15, -0.1) is 0 Å². The maximum atomic E-state index is 6.29. The van der Waals surface area contributed by atoms with Crippen LogP contribution in [0.3, 0.4) is 0 Å². The van der Waals surface area contributed by atoms with Crippen molar-refractivity contribution in [3.63, 3.8) is 0 Å². The molecule has 2 N–H and O–H groups in total. The molecule has 0 bridgehead atoms. The number of benzene rings is 1. The number of nitrogens with two attached hydrogens (primary N) is 1. The molecule has 1 aromatic rings. The van der Waals surface area contributed by atoms with Gasteiger partial charge in [0.15, 0.2) is 11.5 Å². The van der Waals surface area contributed by atoms with Crippen molar-refractivity contribution in [2.24, 2.45) is 11.7 Å². The first-order chi connectivity index (χ1) is 9.52. The summed E-state index contributed by atoms with van der Waals surface area (Å²) in [7, 11) is 2.09. The highest BCUT2D eigenvalue weighted by molar-refractivity contribution is 6.32. The monoisotopic (exact) mass is 298 g/mol. The molecule has 20 heavy (non-hydrogen) atoms. The number of hydrogen-bond acceptors (Lipinski definition) is 4. The number of fused-ring (bicyclic) bond motifs is 1. The molecule has 1 atom stereocenters. The van der Waals surface area contributed by atoms with Crippen LogP contribution in [0.4, 0.5) is 0 Å². The molecule has 1 aliphatic heterocycles. The van der Waals surface area contributed by atoms with Gasteiger partial charge < -0.3 is 15.2 Å². The first kappa shape index (κ1) is 15.4. The highest BCUT2D eigenvalue weighted by atomic mass is 35.5. The standard InChI is InChI=1S/C15H23ClN2O2/c1-10(2)9-18(3)13(8-17)11-6-12(16)15-14(7-11)19-4-5-20-15/h6-7,10,13H,4-5,8-9,17H2,1-3H3. The number of hydrogen-bond donors (Lipinski definition) is 1. The average Bonchev–Trinajstić information content (AvgIpc) is 2.38. The van der Waals surface area contributed by atoms with Gasteiger partial charge in [0, 0.05) is 19.1 Å². The summed E-state index contributed by atoms with van der Waals surface area (Å²) >= 11 is 6.29. The molecule has 0 saturated heterocycles. The molecule has 4 nitrogen and oxygen atoms in total. The lowest BCUT2D eigenvalue weighted by Gasteiger charge is -2.30. The molecular weight excluding hydrogens is 276 g/mol. The van der Waals surface area contributed by atoms with Gasteiger partial charge in [-0.3, -0.25) is 4.90 Å². The van der Waals surface area contributed by atoms with E-state index < -0.39 is 0 Å². The van der Waals surface area contributed by atoms with Gasteiger partial charge in [-0.1, -0.05) is 25.4 Å². The van der Waals surface area contributed by atoms with Crippen LogP contribution in [0.25, 0.3) is 0 Å². The molecule has 5 heteroatoms. The van der Waals surface area contributed by atoms with Crippen LogP contribution in [0.2, 0.25) is 5.02 Å². The second kappa shape index (κ2) is 6.66. The number of rotatable bonds is 5. The quantitative estimate of drug-likeness (QED) is 0.908. The first-order valence-electron chi connectivity index (χ1n) is 7.02. The van der Waals surface area contributed by atoms with E-state index in [0.29, 0.717) is 36.4 Å². The van der Waals surface area contributed by atoms with Crippen molar-refractivity contribution in [3.05, 3.63) is 22.7 Å². The van der Waals surface area contributed by atoms with E-state index in [0.717, 1.165) is 17.9 Å². The molecule has 1 unspecified atom stereocenters. The molecule has 0 radical (unpaired) electrons. The molecule has 0 aliphatic carbocycles. The van der Waals surface area contributed by atoms with Crippen LogP contribution < -0.4 is 15.2 Å². The van der Waals surface area contributed by atoms with E-state index in [9.17, 15) is 0 Å². The molecule has 1 heterocycles. The van der Waals surface area contributed by atoms with Gasteiger partial charge in [0.2, 0.25) is 0 Å². The molecule has 0 aromatic heterocycles. The Hall–Kier alpha value is -0.970. The largest absolute Gasteiger partial charge is 0.486 e. The van der Waals surface area contributed by atoms with Crippen LogP contribution in [0.15, 0.2) is 12.1 Å². The fourth-order valence-electron chi connectivity index (χ4n) is 2.60. The minimum Gasteiger partial charge on any atom is -0.486 e. The molecule has 0 amide bonds. The van der Waals surface area contributed by atoms with E-state index in [2.05, 4.69) is 25.8 Å². The predicted molar refractivity (Wildman–Crippen MR) is 81.7 cm³/mol. The number of ether oxygens (including phenoxy) is 2. The fourth-order valence-corrected chi connectivity index (χ4v) is 2.87. The Morgan fingerprint density at radius 3 is 2.65 bits per heavy atom.